The summed E-state index contributed by atoms with van der Waals surface area (Å²) in [6, 6.07) is 0. The number of aliphatic hydroxyl groups excluding tert-OH is 1. The third kappa shape index (κ3) is 7.02. The molecule has 0 aliphatic heterocycles. The van der Waals surface area contributed by atoms with Crippen LogP contribution < -0.4 is 0 Å². The molecule has 0 fully saturated rings. The molecule has 0 aromatic rings. The summed E-state index contributed by atoms with van der Waals surface area (Å²) in [6.07, 6.45) is -4.12. The minimum absolute atomic E-state index is 0.216. The molecule has 0 heterocycles. The van der Waals surface area contributed by atoms with Crippen molar-refractivity contribution in [3.63, 3.8) is 0 Å². The average molecular weight is 294 g/mol. The zero-order valence-corrected chi connectivity index (χ0v) is 11.1. The van der Waals surface area contributed by atoms with E-state index in [1.807, 2.05) is 0 Å². The molecule has 0 aliphatic rings. The van der Waals surface area contributed by atoms with Crippen molar-refractivity contribution < 1.29 is 44.3 Å². The molecule has 0 bridgehead atoms. The summed E-state index contributed by atoms with van der Waals surface area (Å²) in [4.78, 5) is 32.6. The van der Waals surface area contributed by atoms with E-state index < -0.39 is 42.6 Å². The van der Waals surface area contributed by atoms with Gasteiger partial charge in [0.05, 0.1) is 18.9 Å². The third-order valence-corrected chi connectivity index (χ3v) is 2.12. The van der Waals surface area contributed by atoms with Crippen LogP contribution in [0.3, 0.4) is 0 Å². The molecule has 0 amide bonds. The molecule has 20 heavy (non-hydrogen) atoms. The van der Waals surface area contributed by atoms with E-state index in [0.29, 0.717) is 0 Å². The van der Waals surface area contributed by atoms with Gasteiger partial charge in [-0.25, -0.2) is 4.79 Å². The van der Waals surface area contributed by atoms with Crippen LogP contribution in [0.5, 0.6) is 0 Å². The largest absolute Gasteiger partial charge is 0.481 e. The first-order valence-electron chi connectivity index (χ1n) is 5.73. The van der Waals surface area contributed by atoms with Crippen LogP contribution in [-0.2, 0) is 23.9 Å². The number of ether oxygens (including phenoxy) is 2. The number of rotatable bonds is 9. The van der Waals surface area contributed by atoms with Gasteiger partial charge in [0.15, 0.2) is 5.60 Å². The Morgan fingerprint density at radius 1 is 1.15 bits per heavy atom. The second-order valence-electron chi connectivity index (χ2n) is 4.41. The Morgan fingerprint density at radius 3 is 2.10 bits per heavy atom. The van der Waals surface area contributed by atoms with Crippen LogP contribution in [-0.4, -0.2) is 62.9 Å². The Hall–Kier alpha value is -1.71. The van der Waals surface area contributed by atoms with Crippen molar-refractivity contribution in [1.29, 1.82) is 0 Å². The van der Waals surface area contributed by atoms with Gasteiger partial charge in [-0.3, -0.25) is 9.59 Å². The monoisotopic (exact) mass is 294 g/mol. The minimum atomic E-state index is -2.79. The zero-order chi connectivity index (χ0) is 15.9. The molecule has 2 atom stereocenters. The Bertz CT molecular complexity index is 365. The summed E-state index contributed by atoms with van der Waals surface area (Å²) < 4.78 is 9.35. The molecular weight excluding hydrogens is 276 g/mol. The van der Waals surface area contributed by atoms with Gasteiger partial charge in [0.2, 0.25) is 6.29 Å². The predicted molar refractivity (Wildman–Crippen MR) is 62.6 cm³/mol. The smallest absolute Gasteiger partial charge is 0.336 e. The molecule has 0 rings (SSSR count). The first-order chi connectivity index (χ1) is 9.06. The molecule has 0 saturated heterocycles. The van der Waals surface area contributed by atoms with Crippen molar-refractivity contribution in [2.75, 3.05) is 6.61 Å². The molecule has 0 radical (unpaired) electrons. The fourth-order valence-corrected chi connectivity index (χ4v) is 1.20. The van der Waals surface area contributed by atoms with E-state index in [1.54, 1.807) is 13.8 Å². The van der Waals surface area contributed by atoms with Gasteiger partial charge in [0.1, 0.15) is 6.61 Å². The lowest BCUT2D eigenvalue weighted by atomic mass is 9.96. The zero-order valence-electron chi connectivity index (χ0n) is 11.1. The molecule has 0 aliphatic carbocycles. The van der Waals surface area contributed by atoms with E-state index in [4.69, 9.17) is 14.9 Å². The molecule has 0 spiro atoms. The molecular formula is C11H18O9. The lowest BCUT2D eigenvalue weighted by Gasteiger charge is -2.21. The van der Waals surface area contributed by atoms with E-state index in [0.717, 1.165) is 0 Å². The first kappa shape index (κ1) is 18.3. The Morgan fingerprint density at radius 2 is 1.70 bits per heavy atom. The maximum Gasteiger partial charge on any atom is 0.336 e. The summed E-state index contributed by atoms with van der Waals surface area (Å²) in [5.74, 6) is -4.72. The highest BCUT2D eigenvalue weighted by Crippen LogP contribution is 2.17. The Balaban J connectivity index is 4.47. The van der Waals surface area contributed by atoms with Crippen LogP contribution in [0.2, 0.25) is 0 Å². The van der Waals surface area contributed by atoms with Crippen molar-refractivity contribution in [3.8, 4) is 0 Å². The number of aliphatic carboxylic acids is 2. The van der Waals surface area contributed by atoms with Crippen LogP contribution in [0.15, 0.2) is 0 Å². The van der Waals surface area contributed by atoms with E-state index in [1.165, 1.54) is 0 Å². The van der Waals surface area contributed by atoms with Crippen LogP contribution in [0.4, 0.5) is 0 Å². The van der Waals surface area contributed by atoms with E-state index in [2.05, 4.69) is 4.74 Å². The highest BCUT2D eigenvalue weighted by atomic mass is 16.7. The number of carboxylic acids is 2. The lowest BCUT2D eigenvalue weighted by molar-refractivity contribution is -0.189. The number of carbonyl (C=O) groups is 3. The summed E-state index contributed by atoms with van der Waals surface area (Å²) >= 11 is 0. The second-order valence-corrected chi connectivity index (χ2v) is 4.41. The molecule has 0 aromatic heterocycles. The predicted octanol–water partition coefficient (Wildman–Crippen LogP) is -1.05. The van der Waals surface area contributed by atoms with Crippen molar-refractivity contribution in [3.05, 3.63) is 0 Å². The van der Waals surface area contributed by atoms with Crippen molar-refractivity contribution in [1.82, 2.24) is 0 Å². The van der Waals surface area contributed by atoms with Gasteiger partial charge >= 0.3 is 17.9 Å². The van der Waals surface area contributed by atoms with Gasteiger partial charge in [0.25, 0.3) is 0 Å². The Labute approximate surface area is 114 Å². The van der Waals surface area contributed by atoms with E-state index >= 15 is 0 Å². The number of esters is 1. The molecule has 0 aromatic carbocycles. The normalized spacial score (nSPS) is 15.4. The van der Waals surface area contributed by atoms with Crippen molar-refractivity contribution in [2.24, 2.45) is 0 Å². The summed E-state index contributed by atoms with van der Waals surface area (Å²) in [5.41, 5.74) is -2.79. The highest BCUT2D eigenvalue weighted by molar-refractivity contribution is 5.88. The van der Waals surface area contributed by atoms with Crippen LogP contribution in [0.25, 0.3) is 0 Å². The van der Waals surface area contributed by atoms with Crippen molar-refractivity contribution >= 4 is 17.9 Å². The molecule has 4 N–H and O–H groups in total. The topological polar surface area (TPSA) is 151 Å². The summed E-state index contributed by atoms with van der Waals surface area (Å²) in [6.45, 7) is 3.04. The van der Waals surface area contributed by atoms with Gasteiger partial charge in [-0.1, -0.05) is 0 Å². The average Bonchev–Trinajstić information content (AvgIpc) is 2.24. The van der Waals surface area contributed by atoms with Crippen LogP contribution in [0, 0.1) is 0 Å². The number of carbonyl (C=O) groups excluding carboxylic acids is 1. The molecule has 0 saturated carbocycles. The standard InChI is InChI=1S/C11H18O9/c1-6(2)19-5-9(15)20-8(14)4-11(18,10(16)17)3-7(12)13/h6,9,15,18H,3-5H2,1-2H3,(H,12,13)(H,16,17). The molecule has 116 valence electrons. The third-order valence-electron chi connectivity index (χ3n) is 2.12. The number of hydrogen-bond donors (Lipinski definition) is 4. The number of aliphatic hydroxyl groups is 2. The van der Waals surface area contributed by atoms with Crippen LogP contribution >= 0.6 is 0 Å². The maximum absolute atomic E-state index is 11.3. The van der Waals surface area contributed by atoms with E-state index in [9.17, 15) is 24.6 Å². The highest BCUT2D eigenvalue weighted by Gasteiger charge is 2.41. The van der Waals surface area contributed by atoms with Gasteiger partial charge in [-0.2, -0.15) is 0 Å². The first-order valence-corrected chi connectivity index (χ1v) is 5.73. The lowest BCUT2D eigenvalue weighted by Crippen LogP contribution is -2.43. The fraction of sp³-hybridized carbons (Fsp3) is 0.727. The van der Waals surface area contributed by atoms with Crippen molar-refractivity contribution in [2.45, 2.75) is 44.7 Å². The number of carboxylic acid groups (broad SMARTS) is 2. The minimum Gasteiger partial charge on any atom is -0.481 e. The van der Waals surface area contributed by atoms with Gasteiger partial charge in [-0.05, 0) is 13.8 Å². The number of hydrogen-bond acceptors (Lipinski definition) is 7. The maximum atomic E-state index is 11.3. The quantitative estimate of drug-likeness (QED) is 0.308. The summed E-state index contributed by atoms with van der Waals surface area (Å²) in [7, 11) is 0. The molecule has 9 heteroatoms. The Kier molecular flexibility index (Phi) is 7.11. The van der Waals surface area contributed by atoms with Crippen LogP contribution in [0.1, 0.15) is 26.7 Å². The SMILES string of the molecule is CC(C)OCC(O)OC(=O)CC(O)(CC(=O)O)C(=O)O. The molecule has 9 nitrogen and oxygen atoms in total. The van der Waals surface area contributed by atoms with Gasteiger partial charge in [0, 0.05) is 0 Å². The van der Waals surface area contributed by atoms with Gasteiger partial charge in [-0.15, -0.1) is 0 Å². The fourth-order valence-electron chi connectivity index (χ4n) is 1.20. The summed E-state index contributed by atoms with van der Waals surface area (Å²) in [5, 5.41) is 36.1. The second kappa shape index (κ2) is 7.78. The van der Waals surface area contributed by atoms with E-state index in [-0.39, 0.29) is 12.7 Å². The molecule has 2 unspecified atom stereocenters. The van der Waals surface area contributed by atoms with Gasteiger partial charge < -0.3 is 29.9 Å².